The summed E-state index contributed by atoms with van der Waals surface area (Å²) in [5, 5.41) is 2.63. The predicted octanol–water partition coefficient (Wildman–Crippen LogP) is 2.22. The minimum Gasteiger partial charge on any atom is -0.311 e. The maximum Gasteiger partial charge on any atom is 0.264 e. The molecule has 0 bridgehead atoms. The van der Waals surface area contributed by atoms with E-state index in [0.29, 0.717) is 5.56 Å². The van der Waals surface area contributed by atoms with Crippen LogP contribution in [0.3, 0.4) is 0 Å². The summed E-state index contributed by atoms with van der Waals surface area (Å²) in [5.74, 6) is -3.92. The highest BCUT2D eigenvalue weighted by atomic mass is 19.3. The average molecular weight is 215 g/mol. The Morgan fingerprint density at radius 2 is 2.07 bits per heavy atom. The highest BCUT2D eigenvalue weighted by Gasteiger charge is 2.43. The van der Waals surface area contributed by atoms with Gasteiger partial charge in [0.1, 0.15) is 5.82 Å². The molecule has 1 aromatic carbocycles. The molecule has 1 aliphatic rings. The van der Waals surface area contributed by atoms with Gasteiger partial charge in [0, 0.05) is 12.5 Å². The number of benzene rings is 1. The zero-order valence-corrected chi connectivity index (χ0v) is 8.14. The molecule has 1 aromatic rings. The van der Waals surface area contributed by atoms with Crippen molar-refractivity contribution in [2.24, 2.45) is 5.92 Å². The predicted molar refractivity (Wildman–Crippen MR) is 51.4 cm³/mol. The SMILES string of the molecule is Fc1ccccc1CC1CNCC1(F)F. The van der Waals surface area contributed by atoms with E-state index < -0.39 is 17.7 Å². The van der Waals surface area contributed by atoms with E-state index in [-0.39, 0.29) is 19.5 Å². The average Bonchev–Trinajstić information content (AvgIpc) is 2.50. The van der Waals surface area contributed by atoms with Crippen LogP contribution in [0.4, 0.5) is 13.2 Å². The van der Waals surface area contributed by atoms with Gasteiger partial charge in [-0.25, -0.2) is 13.2 Å². The minimum absolute atomic E-state index is 0.0900. The van der Waals surface area contributed by atoms with Gasteiger partial charge in [-0.1, -0.05) is 18.2 Å². The van der Waals surface area contributed by atoms with E-state index in [1.54, 1.807) is 18.2 Å². The van der Waals surface area contributed by atoms with Crippen molar-refractivity contribution in [1.29, 1.82) is 0 Å². The van der Waals surface area contributed by atoms with Crippen molar-refractivity contribution in [2.75, 3.05) is 13.1 Å². The second-order valence-electron chi connectivity index (χ2n) is 3.88. The summed E-state index contributed by atoms with van der Waals surface area (Å²) >= 11 is 0. The number of rotatable bonds is 2. The van der Waals surface area contributed by atoms with Crippen molar-refractivity contribution in [3.8, 4) is 0 Å². The van der Waals surface area contributed by atoms with E-state index in [2.05, 4.69) is 5.32 Å². The third-order valence-corrected chi connectivity index (χ3v) is 2.77. The van der Waals surface area contributed by atoms with Gasteiger partial charge in [0.15, 0.2) is 0 Å². The molecule has 2 rings (SSSR count). The lowest BCUT2D eigenvalue weighted by Crippen LogP contribution is -2.28. The molecule has 0 amide bonds. The molecular formula is C11H12F3N. The molecule has 1 saturated heterocycles. The second-order valence-corrected chi connectivity index (χ2v) is 3.88. The summed E-state index contributed by atoms with van der Waals surface area (Å²) in [4.78, 5) is 0. The first-order valence-corrected chi connectivity index (χ1v) is 4.91. The molecule has 0 aromatic heterocycles. The van der Waals surface area contributed by atoms with Gasteiger partial charge in [0.2, 0.25) is 0 Å². The Bertz CT molecular complexity index is 351. The monoisotopic (exact) mass is 215 g/mol. The van der Waals surface area contributed by atoms with E-state index in [1.807, 2.05) is 0 Å². The molecule has 1 atom stereocenters. The van der Waals surface area contributed by atoms with Gasteiger partial charge in [-0.15, -0.1) is 0 Å². The molecule has 1 heterocycles. The van der Waals surface area contributed by atoms with Crippen LogP contribution in [0.15, 0.2) is 24.3 Å². The number of nitrogens with one attached hydrogen (secondary N) is 1. The Labute approximate surface area is 86.3 Å². The van der Waals surface area contributed by atoms with E-state index in [1.165, 1.54) is 6.07 Å². The van der Waals surface area contributed by atoms with Gasteiger partial charge in [-0.05, 0) is 18.1 Å². The van der Waals surface area contributed by atoms with Crippen molar-refractivity contribution in [3.05, 3.63) is 35.6 Å². The molecule has 0 spiro atoms. The third kappa shape index (κ3) is 2.15. The lowest BCUT2D eigenvalue weighted by Gasteiger charge is -2.17. The first kappa shape index (κ1) is 10.5. The smallest absolute Gasteiger partial charge is 0.264 e. The molecule has 0 radical (unpaired) electrons. The minimum atomic E-state index is -2.72. The summed E-state index contributed by atoms with van der Waals surface area (Å²) in [7, 11) is 0. The summed E-state index contributed by atoms with van der Waals surface area (Å²) in [6, 6.07) is 6.09. The number of halogens is 3. The lowest BCUT2D eigenvalue weighted by molar-refractivity contribution is -0.0214. The maximum absolute atomic E-state index is 13.2. The van der Waals surface area contributed by atoms with Crippen LogP contribution in [0.1, 0.15) is 5.56 Å². The van der Waals surface area contributed by atoms with Crippen molar-refractivity contribution in [1.82, 2.24) is 5.32 Å². The summed E-state index contributed by atoms with van der Waals surface area (Å²) in [6.45, 7) is -0.0482. The summed E-state index contributed by atoms with van der Waals surface area (Å²) in [5.41, 5.74) is 0.367. The zero-order valence-electron chi connectivity index (χ0n) is 8.14. The molecule has 1 unspecified atom stereocenters. The van der Waals surface area contributed by atoms with Crippen LogP contribution >= 0.6 is 0 Å². The maximum atomic E-state index is 13.2. The fourth-order valence-electron chi connectivity index (χ4n) is 1.86. The fraction of sp³-hybridized carbons (Fsp3) is 0.455. The molecule has 1 aliphatic heterocycles. The Hall–Kier alpha value is -1.03. The molecule has 15 heavy (non-hydrogen) atoms. The molecule has 1 N–H and O–H groups in total. The Morgan fingerprint density at radius 3 is 2.67 bits per heavy atom. The quantitative estimate of drug-likeness (QED) is 0.797. The van der Waals surface area contributed by atoms with E-state index in [4.69, 9.17) is 0 Å². The van der Waals surface area contributed by atoms with Crippen LogP contribution in [0, 0.1) is 11.7 Å². The van der Waals surface area contributed by atoms with Gasteiger partial charge >= 0.3 is 0 Å². The topological polar surface area (TPSA) is 12.0 Å². The molecule has 0 saturated carbocycles. The van der Waals surface area contributed by atoms with Gasteiger partial charge < -0.3 is 5.32 Å². The van der Waals surface area contributed by atoms with E-state index in [0.717, 1.165) is 0 Å². The van der Waals surface area contributed by atoms with Crippen LogP contribution < -0.4 is 5.32 Å². The van der Waals surface area contributed by atoms with Crippen molar-refractivity contribution >= 4 is 0 Å². The number of alkyl halides is 2. The lowest BCUT2D eigenvalue weighted by atomic mass is 9.96. The summed E-state index contributed by atoms with van der Waals surface area (Å²) in [6.07, 6.45) is 0.0900. The molecule has 82 valence electrons. The van der Waals surface area contributed by atoms with Gasteiger partial charge in [0.25, 0.3) is 5.92 Å². The highest BCUT2D eigenvalue weighted by Crippen LogP contribution is 2.31. The Morgan fingerprint density at radius 1 is 1.33 bits per heavy atom. The van der Waals surface area contributed by atoms with E-state index in [9.17, 15) is 13.2 Å². The fourth-order valence-corrected chi connectivity index (χ4v) is 1.86. The molecule has 0 aliphatic carbocycles. The van der Waals surface area contributed by atoms with Crippen LogP contribution in [0.25, 0.3) is 0 Å². The Kier molecular flexibility index (Phi) is 2.69. The number of hydrogen-bond acceptors (Lipinski definition) is 1. The van der Waals surface area contributed by atoms with Crippen molar-refractivity contribution in [3.63, 3.8) is 0 Å². The number of hydrogen-bond donors (Lipinski definition) is 1. The van der Waals surface area contributed by atoms with E-state index >= 15 is 0 Å². The molecule has 1 nitrogen and oxygen atoms in total. The van der Waals surface area contributed by atoms with Crippen LogP contribution in [0.5, 0.6) is 0 Å². The second kappa shape index (κ2) is 3.85. The van der Waals surface area contributed by atoms with Gasteiger partial charge in [-0.3, -0.25) is 0 Å². The first-order chi connectivity index (χ1) is 7.09. The third-order valence-electron chi connectivity index (χ3n) is 2.77. The molecular weight excluding hydrogens is 203 g/mol. The normalized spacial score (nSPS) is 24.3. The highest BCUT2D eigenvalue weighted by molar-refractivity contribution is 5.18. The van der Waals surface area contributed by atoms with Crippen molar-refractivity contribution in [2.45, 2.75) is 12.3 Å². The Balaban J connectivity index is 2.12. The van der Waals surface area contributed by atoms with Crippen LogP contribution in [-0.4, -0.2) is 19.0 Å². The largest absolute Gasteiger partial charge is 0.311 e. The van der Waals surface area contributed by atoms with Gasteiger partial charge in [-0.2, -0.15) is 0 Å². The molecule has 1 fully saturated rings. The molecule has 4 heteroatoms. The van der Waals surface area contributed by atoms with Gasteiger partial charge in [0.05, 0.1) is 6.54 Å². The van der Waals surface area contributed by atoms with Crippen LogP contribution in [0.2, 0.25) is 0 Å². The first-order valence-electron chi connectivity index (χ1n) is 4.91. The standard InChI is InChI=1S/C11H12F3N/c12-10-4-2-1-3-8(10)5-9-6-15-7-11(9,13)14/h1-4,9,15H,5-7H2. The summed E-state index contributed by atoms with van der Waals surface area (Å²) < 4.78 is 39.7. The zero-order chi connectivity index (χ0) is 10.9. The van der Waals surface area contributed by atoms with Crippen molar-refractivity contribution < 1.29 is 13.2 Å². The van der Waals surface area contributed by atoms with Crippen LogP contribution in [-0.2, 0) is 6.42 Å².